The Balaban J connectivity index is 1.99. The van der Waals surface area contributed by atoms with Crippen LogP contribution in [0.2, 0.25) is 0 Å². The molecule has 0 spiro atoms. The Hall–Kier alpha value is -1.55. The summed E-state index contributed by atoms with van der Waals surface area (Å²) in [4.78, 5) is 11.8. The average Bonchev–Trinajstić information content (AvgIpc) is 2.50. The third-order valence-electron chi connectivity index (χ3n) is 3.88. The van der Waals surface area contributed by atoms with E-state index in [1.54, 1.807) is 0 Å². The van der Waals surface area contributed by atoms with E-state index in [2.05, 4.69) is 30.5 Å². The van der Waals surface area contributed by atoms with Gasteiger partial charge in [0.2, 0.25) is 0 Å². The third-order valence-corrected chi connectivity index (χ3v) is 3.88. The van der Waals surface area contributed by atoms with Gasteiger partial charge in [-0.15, -0.1) is 0 Å². The number of benzene rings is 1. The van der Waals surface area contributed by atoms with Crippen LogP contribution in [0.15, 0.2) is 18.2 Å². The molecule has 1 aliphatic rings. The molecule has 0 radical (unpaired) electrons. The van der Waals surface area contributed by atoms with Crippen LogP contribution in [-0.4, -0.2) is 26.1 Å². The predicted octanol–water partition coefficient (Wildman–Crippen LogP) is 2.43. The van der Waals surface area contributed by atoms with Crippen molar-refractivity contribution >= 4 is 5.91 Å². The second-order valence-corrected chi connectivity index (χ2v) is 6.04. The molecule has 21 heavy (non-hydrogen) atoms. The normalized spacial score (nSPS) is 17.4. The molecule has 1 amide bonds. The molecule has 2 N–H and O–H groups in total. The van der Waals surface area contributed by atoms with Crippen molar-refractivity contribution in [2.24, 2.45) is 5.92 Å². The first-order valence-electron chi connectivity index (χ1n) is 7.80. The molecule has 0 bridgehead atoms. The van der Waals surface area contributed by atoms with Gasteiger partial charge in [-0.25, -0.2) is 0 Å². The molecule has 1 atom stereocenters. The number of amides is 1. The van der Waals surface area contributed by atoms with Crippen LogP contribution < -0.4 is 15.4 Å². The summed E-state index contributed by atoms with van der Waals surface area (Å²) in [6, 6.07) is 6.52. The molecular formula is C17H26N2O2. The van der Waals surface area contributed by atoms with E-state index in [-0.39, 0.29) is 12.5 Å². The van der Waals surface area contributed by atoms with E-state index >= 15 is 0 Å². The summed E-state index contributed by atoms with van der Waals surface area (Å²) in [6.07, 6.45) is 3.33. The summed E-state index contributed by atoms with van der Waals surface area (Å²) in [5.41, 5.74) is 2.56. The summed E-state index contributed by atoms with van der Waals surface area (Å²) in [7, 11) is 1.99. The molecule has 1 aliphatic carbocycles. The number of hydrogen-bond acceptors (Lipinski definition) is 3. The number of ether oxygens (including phenoxy) is 1. The summed E-state index contributed by atoms with van der Waals surface area (Å²) < 4.78 is 5.75. The van der Waals surface area contributed by atoms with Crippen LogP contribution in [0.1, 0.15) is 43.9 Å². The molecule has 1 aromatic carbocycles. The van der Waals surface area contributed by atoms with Crippen LogP contribution in [0, 0.1) is 5.92 Å². The molecule has 0 saturated carbocycles. The van der Waals surface area contributed by atoms with Crippen molar-refractivity contribution in [3.05, 3.63) is 29.3 Å². The molecule has 0 aliphatic heterocycles. The highest BCUT2D eigenvalue weighted by Crippen LogP contribution is 2.35. The van der Waals surface area contributed by atoms with Crippen LogP contribution >= 0.6 is 0 Å². The van der Waals surface area contributed by atoms with E-state index in [0.29, 0.717) is 18.5 Å². The van der Waals surface area contributed by atoms with E-state index in [0.717, 1.165) is 25.0 Å². The highest BCUT2D eigenvalue weighted by atomic mass is 16.5. The lowest BCUT2D eigenvalue weighted by atomic mass is 9.87. The van der Waals surface area contributed by atoms with Gasteiger partial charge < -0.3 is 15.4 Å². The number of hydrogen-bond donors (Lipinski definition) is 2. The van der Waals surface area contributed by atoms with Gasteiger partial charge in [0.25, 0.3) is 5.91 Å². The van der Waals surface area contributed by atoms with E-state index in [9.17, 15) is 4.79 Å². The SMILES string of the molecule is CNC1CCCc2c(OCC(=O)NCC(C)C)cccc21. The zero-order valence-corrected chi connectivity index (χ0v) is 13.2. The Morgan fingerprint density at radius 2 is 2.24 bits per heavy atom. The maximum Gasteiger partial charge on any atom is 0.257 e. The fourth-order valence-corrected chi connectivity index (χ4v) is 2.76. The maximum atomic E-state index is 11.8. The standard InChI is InChI=1S/C17H26N2O2/c1-12(2)10-19-17(20)11-21-16-9-5-6-13-14(16)7-4-8-15(13)18-3/h5-6,9,12,15,18H,4,7-8,10-11H2,1-3H3,(H,19,20). The molecule has 4 nitrogen and oxygen atoms in total. The van der Waals surface area contributed by atoms with Crippen molar-refractivity contribution in [1.82, 2.24) is 10.6 Å². The second kappa shape index (κ2) is 7.46. The van der Waals surface area contributed by atoms with Crippen molar-refractivity contribution in [3.63, 3.8) is 0 Å². The quantitative estimate of drug-likeness (QED) is 0.846. The Kier molecular flexibility index (Phi) is 5.62. The Labute approximate surface area is 127 Å². The summed E-state index contributed by atoms with van der Waals surface area (Å²) >= 11 is 0. The van der Waals surface area contributed by atoms with Crippen molar-refractivity contribution < 1.29 is 9.53 Å². The van der Waals surface area contributed by atoms with Crippen LogP contribution in [0.25, 0.3) is 0 Å². The zero-order valence-electron chi connectivity index (χ0n) is 13.2. The molecule has 0 saturated heterocycles. The van der Waals surface area contributed by atoms with Crippen molar-refractivity contribution in [2.45, 2.75) is 39.2 Å². The fraction of sp³-hybridized carbons (Fsp3) is 0.588. The highest BCUT2D eigenvalue weighted by Gasteiger charge is 2.21. The van der Waals surface area contributed by atoms with Gasteiger partial charge >= 0.3 is 0 Å². The van der Waals surface area contributed by atoms with Gasteiger partial charge in [0.1, 0.15) is 5.75 Å². The smallest absolute Gasteiger partial charge is 0.257 e. The van der Waals surface area contributed by atoms with Crippen molar-refractivity contribution in [2.75, 3.05) is 20.2 Å². The Bertz CT molecular complexity index is 486. The predicted molar refractivity (Wildman–Crippen MR) is 84.5 cm³/mol. The molecule has 0 aromatic heterocycles. The van der Waals surface area contributed by atoms with Crippen LogP contribution in [0.4, 0.5) is 0 Å². The van der Waals surface area contributed by atoms with Crippen LogP contribution in [-0.2, 0) is 11.2 Å². The van der Waals surface area contributed by atoms with E-state index < -0.39 is 0 Å². The monoisotopic (exact) mass is 290 g/mol. The number of carbonyl (C=O) groups is 1. The number of nitrogens with one attached hydrogen (secondary N) is 2. The van der Waals surface area contributed by atoms with E-state index in [4.69, 9.17) is 4.74 Å². The zero-order chi connectivity index (χ0) is 15.2. The van der Waals surface area contributed by atoms with Gasteiger partial charge in [-0.2, -0.15) is 0 Å². The minimum Gasteiger partial charge on any atom is -0.483 e. The first-order valence-corrected chi connectivity index (χ1v) is 7.80. The lowest BCUT2D eigenvalue weighted by Crippen LogP contribution is -2.32. The van der Waals surface area contributed by atoms with Gasteiger partial charge in [-0.05, 0) is 49.4 Å². The number of carbonyl (C=O) groups excluding carboxylic acids is 1. The van der Waals surface area contributed by atoms with Crippen molar-refractivity contribution in [1.29, 1.82) is 0 Å². The first kappa shape index (κ1) is 15.8. The number of rotatable bonds is 6. The largest absolute Gasteiger partial charge is 0.483 e. The molecule has 1 unspecified atom stereocenters. The molecule has 1 aromatic rings. The molecule has 116 valence electrons. The lowest BCUT2D eigenvalue weighted by Gasteiger charge is -2.26. The van der Waals surface area contributed by atoms with E-state index in [1.807, 2.05) is 19.2 Å². The van der Waals surface area contributed by atoms with Gasteiger partial charge in [-0.3, -0.25) is 4.79 Å². The molecule has 0 fully saturated rings. The first-order chi connectivity index (χ1) is 10.1. The highest BCUT2D eigenvalue weighted by molar-refractivity contribution is 5.77. The Morgan fingerprint density at radius 1 is 1.43 bits per heavy atom. The van der Waals surface area contributed by atoms with E-state index in [1.165, 1.54) is 11.1 Å². The minimum absolute atomic E-state index is 0.0534. The topological polar surface area (TPSA) is 50.4 Å². The summed E-state index contributed by atoms with van der Waals surface area (Å²) in [5.74, 6) is 1.25. The summed E-state index contributed by atoms with van der Waals surface area (Å²) in [5, 5.41) is 6.23. The lowest BCUT2D eigenvalue weighted by molar-refractivity contribution is -0.123. The maximum absolute atomic E-state index is 11.8. The van der Waals surface area contributed by atoms with Gasteiger partial charge in [0.05, 0.1) is 0 Å². The Morgan fingerprint density at radius 3 is 2.95 bits per heavy atom. The third kappa shape index (κ3) is 4.21. The molecule has 2 rings (SSSR count). The minimum atomic E-state index is -0.0534. The van der Waals surface area contributed by atoms with Gasteiger partial charge in [-0.1, -0.05) is 26.0 Å². The van der Waals surface area contributed by atoms with Gasteiger partial charge in [0, 0.05) is 12.6 Å². The number of fused-ring (bicyclic) bond motifs is 1. The van der Waals surface area contributed by atoms with Gasteiger partial charge in [0.15, 0.2) is 6.61 Å². The summed E-state index contributed by atoms with van der Waals surface area (Å²) in [6.45, 7) is 4.93. The fourth-order valence-electron chi connectivity index (χ4n) is 2.76. The second-order valence-electron chi connectivity index (χ2n) is 6.04. The van der Waals surface area contributed by atoms with Crippen LogP contribution in [0.5, 0.6) is 5.75 Å². The molecular weight excluding hydrogens is 264 g/mol. The average molecular weight is 290 g/mol. The molecule has 4 heteroatoms. The van der Waals surface area contributed by atoms with Crippen molar-refractivity contribution in [3.8, 4) is 5.75 Å². The molecule has 0 heterocycles. The van der Waals surface area contributed by atoms with Crippen LogP contribution in [0.3, 0.4) is 0 Å².